The number of para-hydroxylation sites is 3. The lowest BCUT2D eigenvalue weighted by Crippen LogP contribution is -1.99. The molecule has 440 valence electrons. The fraction of sp³-hybridized carbons (Fsp3) is 0. The van der Waals surface area contributed by atoms with Gasteiger partial charge < -0.3 is 18.7 Å². The third-order valence-electron chi connectivity index (χ3n) is 17.1. The summed E-state index contributed by atoms with van der Waals surface area (Å²) in [7, 11) is 0. The molecular weight excluding hydrogens is 1250 g/mol. The van der Waals surface area contributed by atoms with Gasteiger partial charge in [0.2, 0.25) is 0 Å². The Morgan fingerprint density at radius 2 is 0.677 bits per heavy atom. The summed E-state index contributed by atoms with van der Waals surface area (Å²) in [5.74, 6) is 1.40. The second kappa shape index (κ2) is 24.9. The van der Waals surface area contributed by atoms with Crippen LogP contribution in [0.4, 0.5) is 0 Å². The maximum absolute atomic E-state index is 5.09. The average molecular weight is 1310 g/mol. The minimum Gasteiger partial charge on any atom is -0.353 e. The van der Waals surface area contributed by atoms with Crippen LogP contribution in [-0.4, -0.2) is 38.6 Å². The molecule has 93 heavy (non-hydrogen) atoms. The molecule has 6 heterocycles. The predicted molar refractivity (Wildman–Crippen MR) is 393 cm³/mol. The largest absolute Gasteiger partial charge is 0.353 e. The Morgan fingerprint density at radius 3 is 1.17 bits per heavy atom. The van der Waals surface area contributed by atoms with Crippen molar-refractivity contribution < 1.29 is 0 Å². The Hall–Kier alpha value is -11.8. The van der Waals surface area contributed by atoms with Gasteiger partial charge in [-0.2, -0.15) is 0 Å². The number of H-pyrrole nitrogens is 1. The average Bonchev–Trinajstić information content (AvgIpc) is 1.58. The monoisotopic (exact) mass is 1300 g/mol. The van der Waals surface area contributed by atoms with E-state index in [4.69, 9.17) is 19.9 Å². The van der Waals surface area contributed by atoms with Gasteiger partial charge in [-0.05, 0) is 108 Å². The number of aromatic amines is 1. The summed E-state index contributed by atoms with van der Waals surface area (Å²) in [5.41, 5.74) is 20.0. The summed E-state index contributed by atoms with van der Waals surface area (Å²) in [4.78, 5) is 23.9. The number of aromatic nitrogens is 8. The van der Waals surface area contributed by atoms with E-state index in [9.17, 15) is 0 Å². The van der Waals surface area contributed by atoms with Crippen LogP contribution in [0.15, 0.2) is 340 Å². The SMILES string of the molecule is Ic1ccccc1.c1ccc(-c2cc(-c3ccccc3)nc(-c3cccc(-n4ccc5ccc6c7ccccc7[nH]c6c54)c3)n2)cc1.c1ccc(-c2cc(-c3ccccc3)nc(-c3cccc(-n4ccc5ccc6c7ccccc7n(-c7ccccc7)c6c54)c3)n2)cc1. The van der Waals surface area contributed by atoms with Crippen LogP contribution in [0.25, 0.3) is 150 Å². The van der Waals surface area contributed by atoms with Gasteiger partial charge in [0.1, 0.15) is 0 Å². The smallest absolute Gasteiger partial charge is 0.160 e. The maximum atomic E-state index is 5.09. The molecule has 0 saturated heterocycles. The zero-order valence-corrected chi connectivity index (χ0v) is 52.5. The minimum atomic E-state index is 0.696. The number of hydrogen-bond donors (Lipinski definition) is 1. The highest BCUT2D eigenvalue weighted by molar-refractivity contribution is 14.1. The van der Waals surface area contributed by atoms with Crippen molar-refractivity contribution in [1.29, 1.82) is 0 Å². The van der Waals surface area contributed by atoms with Crippen molar-refractivity contribution in [3.05, 3.63) is 344 Å². The zero-order chi connectivity index (χ0) is 62.0. The van der Waals surface area contributed by atoms with Crippen LogP contribution in [0.5, 0.6) is 0 Å². The predicted octanol–water partition coefficient (Wildman–Crippen LogP) is 21.9. The second-order valence-corrected chi connectivity index (χ2v) is 24.1. The van der Waals surface area contributed by atoms with E-state index in [-0.39, 0.29) is 0 Å². The molecule has 0 amide bonds. The second-order valence-electron chi connectivity index (χ2n) is 22.8. The van der Waals surface area contributed by atoms with Crippen LogP contribution in [0.2, 0.25) is 0 Å². The van der Waals surface area contributed by atoms with Crippen LogP contribution in [0, 0.1) is 3.57 Å². The first kappa shape index (κ1) is 56.4. The molecule has 18 aromatic rings. The van der Waals surface area contributed by atoms with Crippen molar-refractivity contribution in [2.24, 2.45) is 0 Å². The highest BCUT2D eigenvalue weighted by Gasteiger charge is 2.20. The molecule has 18 rings (SSSR count). The first-order valence-corrected chi connectivity index (χ1v) is 32.1. The molecule has 0 saturated carbocycles. The molecule has 6 aromatic heterocycles. The summed E-state index contributed by atoms with van der Waals surface area (Å²) in [6.45, 7) is 0. The van der Waals surface area contributed by atoms with E-state index in [1.807, 2.05) is 91.0 Å². The maximum Gasteiger partial charge on any atom is 0.160 e. The molecule has 9 heteroatoms. The number of benzene rings is 12. The molecule has 1 N–H and O–H groups in total. The Kier molecular flexibility index (Phi) is 15.1. The van der Waals surface area contributed by atoms with E-state index in [0.29, 0.717) is 11.6 Å². The summed E-state index contributed by atoms with van der Waals surface area (Å²) in [6, 6.07) is 114. The first-order chi connectivity index (χ1) is 46.0. The first-order valence-electron chi connectivity index (χ1n) is 31.0. The van der Waals surface area contributed by atoms with Gasteiger partial charge in [0, 0.05) is 104 Å². The Morgan fingerprint density at radius 1 is 0.280 bits per heavy atom. The summed E-state index contributed by atoms with van der Waals surface area (Å²) in [5, 5.41) is 7.31. The molecule has 0 aliphatic carbocycles. The number of halogens is 1. The van der Waals surface area contributed by atoms with Gasteiger partial charge in [-0.3, -0.25) is 0 Å². The lowest BCUT2D eigenvalue weighted by Gasteiger charge is -2.13. The highest BCUT2D eigenvalue weighted by Crippen LogP contribution is 2.40. The molecule has 0 aliphatic rings. The standard InChI is InChI=1S/C42H28N4.C36H24N4.C6H5I/c1-4-13-29(14-5-1)37-28-38(30-15-6-2-7-16-30)44-42(43-37)32-17-12-20-34(27-32)45-26-25-31-23-24-36-35-21-10-11-22-39(35)46(41(36)40(31)45)33-18-8-3-9-19-33;1-3-10-24(11-4-1)32-23-33(25-12-5-2-6-13-25)39-36(38-32)27-14-9-15-28(22-27)40-21-20-26-18-19-30-29-16-7-8-17-31(29)37-34(30)35(26)40;7-6-4-2-1-3-5-6/h1-28H;1-23,37H;1-5H. The molecule has 0 spiro atoms. The fourth-order valence-corrected chi connectivity index (χ4v) is 13.1. The molecule has 0 unspecified atom stereocenters. The molecule has 0 radical (unpaired) electrons. The highest BCUT2D eigenvalue weighted by atomic mass is 127. The zero-order valence-electron chi connectivity index (χ0n) is 50.3. The van der Waals surface area contributed by atoms with Crippen LogP contribution < -0.4 is 0 Å². The van der Waals surface area contributed by atoms with Crippen molar-refractivity contribution in [3.8, 4) is 84.9 Å². The lowest BCUT2D eigenvalue weighted by atomic mass is 10.1. The third-order valence-corrected chi connectivity index (χ3v) is 17.8. The quantitative estimate of drug-likeness (QED) is 0.146. The number of fused-ring (bicyclic) bond motifs is 10. The molecule has 12 aromatic carbocycles. The van der Waals surface area contributed by atoms with Gasteiger partial charge in [-0.1, -0.05) is 243 Å². The number of rotatable bonds is 9. The van der Waals surface area contributed by atoms with Gasteiger partial charge in [0.15, 0.2) is 11.6 Å². The Labute approximate surface area is 551 Å². The van der Waals surface area contributed by atoms with Crippen molar-refractivity contribution in [1.82, 2.24) is 38.6 Å². The van der Waals surface area contributed by atoms with Crippen LogP contribution in [0.3, 0.4) is 0 Å². The number of nitrogens with one attached hydrogen (secondary N) is 1. The molecular formula is C84H57IN8. The van der Waals surface area contributed by atoms with Crippen LogP contribution >= 0.6 is 22.6 Å². The van der Waals surface area contributed by atoms with Crippen molar-refractivity contribution >= 4 is 88.0 Å². The van der Waals surface area contributed by atoms with Gasteiger partial charge in [0.25, 0.3) is 0 Å². The summed E-state index contributed by atoms with van der Waals surface area (Å²) in [6.07, 6.45) is 4.32. The van der Waals surface area contributed by atoms with E-state index in [0.717, 1.165) is 89.8 Å². The lowest BCUT2D eigenvalue weighted by molar-refractivity contribution is 1.11. The Bertz CT molecular complexity index is 5570. The molecule has 8 nitrogen and oxygen atoms in total. The van der Waals surface area contributed by atoms with Crippen molar-refractivity contribution in [2.45, 2.75) is 0 Å². The number of nitrogens with zero attached hydrogens (tertiary/aromatic N) is 7. The van der Waals surface area contributed by atoms with Crippen LogP contribution in [-0.2, 0) is 0 Å². The van der Waals surface area contributed by atoms with E-state index < -0.39 is 0 Å². The molecule has 0 fully saturated rings. The summed E-state index contributed by atoms with van der Waals surface area (Å²) >= 11 is 2.28. The van der Waals surface area contributed by atoms with Gasteiger partial charge >= 0.3 is 0 Å². The van der Waals surface area contributed by atoms with Gasteiger partial charge in [-0.25, -0.2) is 19.9 Å². The molecule has 0 atom stereocenters. The fourth-order valence-electron chi connectivity index (χ4n) is 12.7. The topological polar surface area (TPSA) is 82.1 Å². The molecule has 0 bridgehead atoms. The van der Waals surface area contributed by atoms with Crippen LogP contribution in [0.1, 0.15) is 0 Å². The van der Waals surface area contributed by atoms with E-state index in [2.05, 4.69) is 290 Å². The van der Waals surface area contributed by atoms with E-state index >= 15 is 0 Å². The van der Waals surface area contributed by atoms with Crippen molar-refractivity contribution in [2.75, 3.05) is 0 Å². The van der Waals surface area contributed by atoms with Gasteiger partial charge in [-0.15, -0.1) is 0 Å². The number of hydrogen-bond acceptors (Lipinski definition) is 4. The van der Waals surface area contributed by atoms with E-state index in [1.54, 1.807) is 0 Å². The molecule has 0 aliphatic heterocycles. The third kappa shape index (κ3) is 11.1. The van der Waals surface area contributed by atoms with E-state index in [1.165, 1.54) is 52.4 Å². The van der Waals surface area contributed by atoms with Gasteiger partial charge in [0.05, 0.1) is 50.4 Å². The van der Waals surface area contributed by atoms with Crippen molar-refractivity contribution in [3.63, 3.8) is 0 Å². The summed E-state index contributed by atoms with van der Waals surface area (Å²) < 4.78 is 8.25. The minimum absolute atomic E-state index is 0.696. The normalized spacial score (nSPS) is 11.3. The Balaban J connectivity index is 0.000000134.